The topological polar surface area (TPSA) is 42.1 Å². The number of hydrogen-bond acceptors (Lipinski definition) is 3. The van der Waals surface area contributed by atoms with E-state index in [-0.39, 0.29) is 0 Å². The molecule has 0 saturated carbocycles. The van der Waals surface area contributed by atoms with Crippen molar-refractivity contribution in [1.29, 1.82) is 0 Å². The van der Waals surface area contributed by atoms with E-state index in [0.29, 0.717) is 6.54 Å². The van der Waals surface area contributed by atoms with Crippen LogP contribution in [0.25, 0.3) is 0 Å². The molecule has 2 N–H and O–H groups in total. The standard InChI is InChI=1S/C16H27N3/c1-13(2)14-5-4-9-19(10-8-14)12-16-7-3-6-15(11-17)18-16/h3,6-7,13-14H,4-5,8-12,17H2,1-2H3. The molecule has 1 atom stereocenters. The fraction of sp³-hybridized carbons (Fsp3) is 0.688. The Labute approximate surface area is 117 Å². The molecule has 2 heterocycles. The van der Waals surface area contributed by atoms with Gasteiger partial charge in [-0.05, 0) is 56.3 Å². The van der Waals surface area contributed by atoms with E-state index < -0.39 is 0 Å². The highest BCUT2D eigenvalue weighted by Crippen LogP contribution is 2.25. The minimum atomic E-state index is 0.531. The lowest BCUT2D eigenvalue weighted by molar-refractivity contribution is 0.262. The maximum atomic E-state index is 5.65. The van der Waals surface area contributed by atoms with Crippen LogP contribution in [0, 0.1) is 11.8 Å². The van der Waals surface area contributed by atoms with Crippen molar-refractivity contribution in [2.45, 2.75) is 46.2 Å². The van der Waals surface area contributed by atoms with E-state index in [1.165, 1.54) is 32.4 Å². The molecule has 1 aromatic heterocycles. The Kier molecular flexibility index (Phi) is 5.34. The molecule has 3 nitrogen and oxygen atoms in total. The van der Waals surface area contributed by atoms with Gasteiger partial charge in [0.1, 0.15) is 0 Å². The van der Waals surface area contributed by atoms with Crippen LogP contribution in [0.2, 0.25) is 0 Å². The second-order valence-electron chi connectivity index (χ2n) is 6.04. The molecule has 0 spiro atoms. The van der Waals surface area contributed by atoms with Gasteiger partial charge in [-0.15, -0.1) is 0 Å². The molecule has 1 aliphatic rings. The molecule has 0 amide bonds. The van der Waals surface area contributed by atoms with Crippen LogP contribution in [0.4, 0.5) is 0 Å². The second kappa shape index (κ2) is 7.01. The Morgan fingerprint density at radius 3 is 2.79 bits per heavy atom. The average molecular weight is 261 g/mol. The predicted octanol–water partition coefficient (Wildman–Crippen LogP) is 2.80. The van der Waals surface area contributed by atoms with Gasteiger partial charge in [0.25, 0.3) is 0 Å². The maximum absolute atomic E-state index is 5.65. The third kappa shape index (κ3) is 4.29. The molecule has 106 valence electrons. The van der Waals surface area contributed by atoms with Crippen LogP contribution in [-0.4, -0.2) is 23.0 Å². The van der Waals surface area contributed by atoms with E-state index in [1.807, 2.05) is 6.07 Å². The molecule has 0 aliphatic carbocycles. The Balaban J connectivity index is 1.92. The van der Waals surface area contributed by atoms with Gasteiger partial charge in [0.15, 0.2) is 0 Å². The molecule has 3 heteroatoms. The lowest BCUT2D eigenvalue weighted by atomic mass is 9.89. The summed E-state index contributed by atoms with van der Waals surface area (Å²) in [7, 11) is 0. The van der Waals surface area contributed by atoms with E-state index in [2.05, 4.69) is 35.9 Å². The van der Waals surface area contributed by atoms with Crippen LogP contribution in [0.3, 0.4) is 0 Å². The van der Waals surface area contributed by atoms with E-state index in [0.717, 1.165) is 29.8 Å². The summed E-state index contributed by atoms with van der Waals surface area (Å²) in [5.41, 5.74) is 7.80. The van der Waals surface area contributed by atoms with Gasteiger partial charge in [-0.1, -0.05) is 19.9 Å². The van der Waals surface area contributed by atoms with Crippen molar-refractivity contribution in [3.05, 3.63) is 29.6 Å². The van der Waals surface area contributed by atoms with Crippen LogP contribution in [0.1, 0.15) is 44.5 Å². The first kappa shape index (κ1) is 14.5. The van der Waals surface area contributed by atoms with Crippen molar-refractivity contribution in [2.24, 2.45) is 17.6 Å². The Morgan fingerprint density at radius 2 is 2.05 bits per heavy atom. The highest BCUT2D eigenvalue weighted by atomic mass is 15.1. The first-order valence-corrected chi connectivity index (χ1v) is 7.56. The number of hydrogen-bond donors (Lipinski definition) is 1. The quantitative estimate of drug-likeness (QED) is 0.906. The summed E-state index contributed by atoms with van der Waals surface area (Å²) in [5.74, 6) is 1.71. The predicted molar refractivity (Wildman–Crippen MR) is 79.6 cm³/mol. The zero-order chi connectivity index (χ0) is 13.7. The minimum Gasteiger partial charge on any atom is -0.325 e. The Bertz CT molecular complexity index is 389. The molecule has 19 heavy (non-hydrogen) atoms. The van der Waals surface area contributed by atoms with Crippen molar-refractivity contribution in [2.75, 3.05) is 13.1 Å². The summed E-state index contributed by atoms with van der Waals surface area (Å²) in [6.07, 6.45) is 4.03. The highest BCUT2D eigenvalue weighted by molar-refractivity contribution is 5.11. The number of rotatable bonds is 4. The van der Waals surface area contributed by atoms with E-state index in [1.54, 1.807) is 0 Å². The number of aromatic nitrogens is 1. The molecule has 2 rings (SSSR count). The highest BCUT2D eigenvalue weighted by Gasteiger charge is 2.19. The molecular formula is C16H27N3. The molecule has 1 saturated heterocycles. The first-order chi connectivity index (χ1) is 9.19. The zero-order valence-corrected chi connectivity index (χ0v) is 12.3. The molecule has 1 fully saturated rings. The summed E-state index contributed by atoms with van der Waals surface area (Å²) in [4.78, 5) is 7.15. The van der Waals surface area contributed by atoms with Crippen molar-refractivity contribution >= 4 is 0 Å². The first-order valence-electron chi connectivity index (χ1n) is 7.56. The van der Waals surface area contributed by atoms with Gasteiger partial charge in [-0.25, -0.2) is 0 Å². The molecule has 1 unspecified atom stereocenters. The fourth-order valence-corrected chi connectivity index (χ4v) is 2.97. The normalized spacial score (nSPS) is 21.6. The summed E-state index contributed by atoms with van der Waals surface area (Å²) in [6.45, 7) is 8.62. The average Bonchev–Trinajstić information content (AvgIpc) is 2.65. The van der Waals surface area contributed by atoms with E-state index in [9.17, 15) is 0 Å². The van der Waals surface area contributed by atoms with Gasteiger partial charge in [0, 0.05) is 13.1 Å². The molecule has 0 bridgehead atoms. The van der Waals surface area contributed by atoms with Crippen molar-refractivity contribution in [1.82, 2.24) is 9.88 Å². The lowest BCUT2D eigenvalue weighted by Crippen LogP contribution is -2.25. The Morgan fingerprint density at radius 1 is 1.26 bits per heavy atom. The SMILES string of the molecule is CC(C)C1CCCN(Cc2cccc(CN)n2)CC1. The Hall–Kier alpha value is -0.930. The number of likely N-dealkylation sites (tertiary alicyclic amines) is 1. The van der Waals surface area contributed by atoms with Crippen LogP contribution in [0.5, 0.6) is 0 Å². The van der Waals surface area contributed by atoms with Gasteiger partial charge >= 0.3 is 0 Å². The summed E-state index contributed by atoms with van der Waals surface area (Å²) >= 11 is 0. The van der Waals surface area contributed by atoms with Gasteiger partial charge in [0.05, 0.1) is 11.4 Å². The third-order valence-electron chi connectivity index (χ3n) is 4.27. The smallest absolute Gasteiger partial charge is 0.0547 e. The molecule has 1 aromatic rings. The fourth-order valence-electron chi connectivity index (χ4n) is 2.97. The van der Waals surface area contributed by atoms with Crippen LogP contribution in [0.15, 0.2) is 18.2 Å². The lowest BCUT2D eigenvalue weighted by Gasteiger charge is -2.21. The van der Waals surface area contributed by atoms with Gasteiger partial charge in [-0.2, -0.15) is 0 Å². The maximum Gasteiger partial charge on any atom is 0.0547 e. The molecular weight excluding hydrogens is 234 g/mol. The number of nitrogens with two attached hydrogens (primary N) is 1. The van der Waals surface area contributed by atoms with E-state index in [4.69, 9.17) is 5.73 Å². The third-order valence-corrected chi connectivity index (χ3v) is 4.27. The minimum absolute atomic E-state index is 0.531. The van der Waals surface area contributed by atoms with Gasteiger partial charge < -0.3 is 5.73 Å². The molecule has 1 aliphatic heterocycles. The van der Waals surface area contributed by atoms with Gasteiger partial charge in [0.2, 0.25) is 0 Å². The molecule has 0 radical (unpaired) electrons. The van der Waals surface area contributed by atoms with Crippen LogP contribution >= 0.6 is 0 Å². The molecule has 0 aromatic carbocycles. The van der Waals surface area contributed by atoms with Crippen molar-refractivity contribution in [3.8, 4) is 0 Å². The summed E-state index contributed by atoms with van der Waals surface area (Å²) in [5, 5.41) is 0. The monoisotopic (exact) mass is 261 g/mol. The number of nitrogens with zero attached hydrogens (tertiary/aromatic N) is 2. The van der Waals surface area contributed by atoms with Crippen LogP contribution < -0.4 is 5.73 Å². The second-order valence-corrected chi connectivity index (χ2v) is 6.04. The van der Waals surface area contributed by atoms with Crippen molar-refractivity contribution < 1.29 is 0 Å². The van der Waals surface area contributed by atoms with E-state index >= 15 is 0 Å². The summed E-state index contributed by atoms with van der Waals surface area (Å²) in [6, 6.07) is 6.18. The summed E-state index contributed by atoms with van der Waals surface area (Å²) < 4.78 is 0. The van der Waals surface area contributed by atoms with Crippen molar-refractivity contribution in [3.63, 3.8) is 0 Å². The largest absolute Gasteiger partial charge is 0.325 e. The van der Waals surface area contributed by atoms with Crippen LogP contribution in [-0.2, 0) is 13.1 Å². The van der Waals surface area contributed by atoms with Gasteiger partial charge in [-0.3, -0.25) is 9.88 Å². The number of pyridine rings is 1. The zero-order valence-electron chi connectivity index (χ0n) is 12.3.